The van der Waals surface area contributed by atoms with Gasteiger partial charge in [0.05, 0.1) is 29.7 Å². The maximum absolute atomic E-state index is 4.91. The second-order valence-corrected chi connectivity index (χ2v) is 10.7. The lowest BCUT2D eigenvalue weighted by Gasteiger charge is -2.21. The van der Waals surface area contributed by atoms with Gasteiger partial charge in [0, 0.05) is 11.8 Å². The molecule has 2 aliphatic rings. The van der Waals surface area contributed by atoms with Crippen LogP contribution in [-0.2, 0) is 0 Å². The zero-order chi connectivity index (χ0) is 25.3. The van der Waals surface area contributed by atoms with Crippen LogP contribution in [0.1, 0.15) is 62.3 Å². The van der Waals surface area contributed by atoms with Gasteiger partial charge in [0.15, 0.2) is 0 Å². The molecule has 2 aromatic heterocycles. The van der Waals surface area contributed by atoms with Gasteiger partial charge < -0.3 is 20.6 Å². The van der Waals surface area contributed by atoms with Gasteiger partial charge in [0.25, 0.3) is 0 Å². The van der Waals surface area contributed by atoms with Crippen LogP contribution in [0.3, 0.4) is 0 Å². The lowest BCUT2D eigenvalue weighted by atomic mass is 9.98. The van der Waals surface area contributed by atoms with Crippen LogP contribution in [0.2, 0.25) is 0 Å². The van der Waals surface area contributed by atoms with Gasteiger partial charge in [-0.3, -0.25) is 0 Å². The number of hydrogen-bond donors (Lipinski definition) is 4. The second kappa shape index (κ2) is 10.2. The van der Waals surface area contributed by atoms with E-state index in [1.807, 2.05) is 12.4 Å². The maximum atomic E-state index is 4.91. The topological polar surface area (TPSA) is 81.4 Å². The van der Waals surface area contributed by atoms with Gasteiger partial charge in [-0.25, -0.2) is 9.97 Å². The van der Waals surface area contributed by atoms with Crippen molar-refractivity contribution in [1.82, 2.24) is 30.6 Å². The molecule has 4 heterocycles. The fraction of sp³-hybridized carbons (Fsp3) is 0.312. The molecule has 2 saturated heterocycles. The first-order valence-corrected chi connectivity index (χ1v) is 14.0. The molecule has 2 fully saturated rings. The molecule has 0 unspecified atom stereocenters. The van der Waals surface area contributed by atoms with E-state index in [4.69, 9.17) is 4.98 Å². The monoisotopic (exact) mass is 502 g/mol. The zero-order valence-corrected chi connectivity index (χ0v) is 21.6. The summed E-state index contributed by atoms with van der Waals surface area (Å²) in [4.78, 5) is 16.5. The summed E-state index contributed by atoms with van der Waals surface area (Å²) in [6.07, 6.45) is 11.3. The fourth-order valence-electron chi connectivity index (χ4n) is 5.92. The number of hydrogen-bond acceptors (Lipinski definition) is 4. The van der Waals surface area contributed by atoms with E-state index in [0.717, 1.165) is 60.1 Å². The average molecular weight is 503 g/mol. The normalized spacial score (nSPS) is 20.1. The van der Waals surface area contributed by atoms with Crippen molar-refractivity contribution in [2.24, 2.45) is 0 Å². The summed E-state index contributed by atoms with van der Waals surface area (Å²) in [6.45, 7) is 2.15. The molecule has 0 saturated carbocycles. The van der Waals surface area contributed by atoms with Crippen molar-refractivity contribution in [1.29, 1.82) is 0 Å². The molecule has 3 aromatic carbocycles. The summed E-state index contributed by atoms with van der Waals surface area (Å²) in [5, 5.41) is 9.61. The molecular formula is C32H34N6. The summed E-state index contributed by atoms with van der Waals surface area (Å²) in [5.41, 5.74) is 6.83. The van der Waals surface area contributed by atoms with Crippen molar-refractivity contribution >= 4 is 10.8 Å². The predicted octanol–water partition coefficient (Wildman–Crippen LogP) is 6.92. The van der Waals surface area contributed by atoms with Crippen molar-refractivity contribution in [3.63, 3.8) is 0 Å². The maximum Gasteiger partial charge on any atom is 0.124 e. The molecule has 0 bridgehead atoms. The third-order valence-corrected chi connectivity index (χ3v) is 8.14. The van der Waals surface area contributed by atoms with Gasteiger partial charge in [-0.05, 0) is 78.4 Å². The summed E-state index contributed by atoms with van der Waals surface area (Å²) < 4.78 is 0. The molecule has 7 rings (SSSR count). The standard InChI is InChI=1S/C32H34N6/c1-3-15-33-27(5-1)31-35-19-29(37-31)22-9-7-21(8-10-22)23-11-12-25-18-26(14-13-24(25)17-23)30-20-36-32(38-30)28-6-2-4-16-34-28/h7-14,17-20,27-28,33-34H,1-6,15-16H2,(H,35,37)(H,36,38)/t27-,28-/m0/s1. The number of imidazole rings is 2. The second-order valence-electron chi connectivity index (χ2n) is 10.7. The quantitative estimate of drug-likeness (QED) is 0.210. The Morgan fingerprint density at radius 3 is 1.97 bits per heavy atom. The van der Waals surface area contributed by atoms with Crippen molar-refractivity contribution in [2.45, 2.75) is 50.6 Å². The van der Waals surface area contributed by atoms with Crippen LogP contribution in [0.25, 0.3) is 44.4 Å². The Balaban J connectivity index is 1.09. The largest absolute Gasteiger partial charge is 0.347 e. The van der Waals surface area contributed by atoms with Crippen LogP contribution in [0.5, 0.6) is 0 Å². The van der Waals surface area contributed by atoms with E-state index < -0.39 is 0 Å². The molecule has 0 spiro atoms. The summed E-state index contributed by atoms with van der Waals surface area (Å²) in [6, 6.07) is 22.8. The molecule has 2 aliphatic heterocycles. The minimum absolute atomic E-state index is 0.344. The number of nitrogens with zero attached hydrogens (tertiary/aromatic N) is 2. The van der Waals surface area contributed by atoms with Gasteiger partial charge in [0.2, 0.25) is 0 Å². The Bertz CT molecular complexity index is 1530. The lowest BCUT2D eigenvalue weighted by Crippen LogP contribution is -2.27. The minimum atomic E-state index is 0.344. The Hall–Kier alpha value is -3.74. The van der Waals surface area contributed by atoms with Crippen LogP contribution in [0.4, 0.5) is 0 Å². The molecule has 4 N–H and O–H groups in total. The molecule has 0 radical (unpaired) electrons. The Kier molecular flexibility index (Phi) is 6.27. The summed E-state index contributed by atoms with van der Waals surface area (Å²) in [5.74, 6) is 2.10. The highest BCUT2D eigenvalue weighted by Gasteiger charge is 2.19. The Morgan fingerprint density at radius 1 is 0.632 bits per heavy atom. The van der Waals surface area contributed by atoms with Crippen molar-refractivity contribution in [3.8, 4) is 33.6 Å². The number of fused-ring (bicyclic) bond motifs is 1. The molecule has 6 nitrogen and oxygen atoms in total. The highest BCUT2D eigenvalue weighted by molar-refractivity contribution is 5.90. The van der Waals surface area contributed by atoms with E-state index in [0.29, 0.717) is 12.1 Å². The van der Waals surface area contributed by atoms with E-state index in [1.54, 1.807) is 0 Å². The van der Waals surface area contributed by atoms with E-state index in [1.165, 1.54) is 47.6 Å². The van der Waals surface area contributed by atoms with Gasteiger partial charge in [-0.1, -0.05) is 61.4 Å². The Labute approximate surface area is 223 Å². The molecule has 6 heteroatoms. The molecule has 0 aliphatic carbocycles. The first-order valence-electron chi connectivity index (χ1n) is 14.0. The fourth-order valence-corrected chi connectivity index (χ4v) is 5.92. The number of piperidine rings is 2. The molecule has 0 amide bonds. The zero-order valence-electron chi connectivity index (χ0n) is 21.6. The third kappa shape index (κ3) is 4.66. The van der Waals surface area contributed by atoms with Gasteiger partial charge >= 0.3 is 0 Å². The van der Waals surface area contributed by atoms with Crippen LogP contribution >= 0.6 is 0 Å². The van der Waals surface area contributed by atoms with E-state index >= 15 is 0 Å². The van der Waals surface area contributed by atoms with Crippen LogP contribution in [0, 0.1) is 0 Å². The Morgan fingerprint density at radius 2 is 1.26 bits per heavy atom. The van der Waals surface area contributed by atoms with Crippen molar-refractivity contribution in [2.75, 3.05) is 13.1 Å². The van der Waals surface area contributed by atoms with Gasteiger partial charge in [0.1, 0.15) is 11.6 Å². The highest BCUT2D eigenvalue weighted by Crippen LogP contribution is 2.31. The van der Waals surface area contributed by atoms with Gasteiger partial charge in [-0.2, -0.15) is 0 Å². The predicted molar refractivity (Wildman–Crippen MR) is 154 cm³/mol. The number of aromatic amines is 2. The molecule has 38 heavy (non-hydrogen) atoms. The minimum Gasteiger partial charge on any atom is -0.347 e. The summed E-state index contributed by atoms with van der Waals surface area (Å²) >= 11 is 0. The first-order chi connectivity index (χ1) is 18.8. The van der Waals surface area contributed by atoms with E-state index in [9.17, 15) is 0 Å². The van der Waals surface area contributed by atoms with Gasteiger partial charge in [-0.15, -0.1) is 0 Å². The van der Waals surface area contributed by atoms with Crippen LogP contribution in [0.15, 0.2) is 73.1 Å². The lowest BCUT2D eigenvalue weighted by molar-refractivity contribution is 0.399. The number of benzene rings is 3. The SMILES string of the molecule is c1cc(-c2cnc([C@@H]3CCCCN3)[nH]2)ccc1-c1ccc2cc(-c3c[nH]c([C@@H]4CCCCN4)n3)ccc2c1. The van der Waals surface area contributed by atoms with E-state index in [-0.39, 0.29) is 0 Å². The molecule has 5 aromatic rings. The highest BCUT2D eigenvalue weighted by atomic mass is 15.0. The first kappa shape index (κ1) is 23.4. The molecule has 2 atom stereocenters. The van der Waals surface area contributed by atoms with Crippen molar-refractivity contribution < 1.29 is 0 Å². The third-order valence-electron chi connectivity index (χ3n) is 8.14. The van der Waals surface area contributed by atoms with Crippen molar-refractivity contribution in [3.05, 3.63) is 84.7 Å². The molecule has 192 valence electrons. The number of H-pyrrole nitrogens is 2. The smallest absolute Gasteiger partial charge is 0.124 e. The number of nitrogens with one attached hydrogen (secondary N) is 4. The summed E-state index contributed by atoms with van der Waals surface area (Å²) in [7, 11) is 0. The average Bonchev–Trinajstić information content (AvgIpc) is 3.69. The number of aromatic nitrogens is 4. The van der Waals surface area contributed by atoms with Crippen LogP contribution < -0.4 is 10.6 Å². The number of rotatable bonds is 5. The van der Waals surface area contributed by atoms with Crippen LogP contribution in [-0.4, -0.2) is 33.0 Å². The molecular weight excluding hydrogens is 468 g/mol. The van der Waals surface area contributed by atoms with E-state index in [2.05, 4.69) is 86.2 Å².